The van der Waals surface area contributed by atoms with Crippen molar-refractivity contribution in [2.75, 3.05) is 16.9 Å². The second-order valence-corrected chi connectivity index (χ2v) is 9.78. The number of nitrogens with zero attached hydrogens (tertiary/aromatic N) is 2. The maximum Gasteiger partial charge on any atom is 0.240 e. The van der Waals surface area contributed by atoms with Crippen LogP contribution in [-0.2, 0) is 9.59 Å². The summed E-state index contributed by atoms with van der Waals surface area (Å²) in [6.45, 7) is 1.97. The zero-order valence-corrected chi connectivity index (χ0v) is 20.5. The number of amides is 2. The molecule has 0 saturated carbocycles. The molecule has 0 unspecified atom stereocenters. The first kappa shape index (κ1) is 22.6. The van der Waals surface area contributed by atoms with Crippen LogP contribution in [0.25, 0.3) is 5.57 Å². The molecule has 3 aliphatic rings. The zero-order chi connectivity index (χ0) is 25.1. The number of methoxy groups -OCH3 is 1. The standard InChI is InChI=1S/C29H23ClN2O4/c1-16-14-23-24-25(29(35)31(28(24)34)19-9-11-20(36-2)12-10-19)26(27(33)17-6-4-3-5-7-17)32(23)22-13-8-18(30)15-21(16)22/h3-15,23-26H,1-2H3/t23-,24-,25-,26+/m0/s1. The third-order valence-corrected chi connectivity index (χ3v) is 7.70. The molecule has 3 aliphatic heterocycles. The lowest BCUT2D eigenvalue weighted by Gasteiger charge is -2.38. The van der Waals surface area contributed by atoms with Gasteiger partial charge in [0.15, 0.2) is 5.78 Å². The van der Waals surface area contributed by atoms with E-state index in [9.17, 15) is 14.4 Å². The minimum absolute atomic E-state index is 0.181. The van der Waals surface area contributed by atoms with Crippen LogP contribution in [-0.4, -0.2) is 36.8 Å². The third kappa shape index (κ3) is 3.21. The molecular weight excluding hydrogens is 476 g/mol. The van der Waals surface area contributed by atoms with Gasteiger partial charge in [0.1, 0.15) is 11.8 Å². The molecule has 0 radical (unpaired) electrons. The van der Waals surface area contributed by atoms with E-state index in [2.05, 4.69) is 0 Å². The Morgan fingerprint density at radius 1 is 0.917 bits per heavy atom. The van der Waals surface area contributed by atoms with Gasteiger partial charge in [0.05, 0.1) is 30.7 Å². The second kappa shape index (κ2) is 8.35. The van der Waals surface area contributed by atoms with Gasteiger partial charge in [0.2, 0.25) is 11.8 Å². The van der Waals surface area contributed by atoms with Crippen LogP contribution in [0.15, 0.2) is 78.9 Å². The summed E-state index contributed by atoms with van der Waals surface area (Å²) in [6, 6.07) is 20.0. The summed E-state index contributed by atoms with van der Waals surface area (Å²) < 4.78 is 5.22. The molecule has 0 aliphatic carbocycles. The smallest absolute Gasteiger partial charge is 0.240 e. The average Bonchev–Trinajstić information content (AvgIpc) is 3.36. The molecular formula is C29H23ClN2O4. The Bertz CT molecular complexity index is 1430. The number of fused-ring (bicyclic) bond motifs is 5. The Kier molecular flexibility index (Phi) is 5.23. The number of ether oxygens (including phenoxy) is 1. The van der Waals surface area contributed by atoms with Crippen molar-refractivity contribution in [3.63, 3.8) is 0 Å². The van der Waals surface area contributed by atoms with E-state index in [0.29, 0.717) is 22.0 Å². The summed E-state index contributed by atoms with van der Waals surface area (Å²) in [7, 11) is 1.56. The number of carbonyl (C=O) groups is 3. The molecule has 0 spiro atoms. The SMILES string of the molecule is COc1ccc(N2C(=O)[C@@H]3[C@H](C2=O)[C@H](C(=O)c2ccccc2)N2c4ccc(Cl)cc4C(C)=C[C@@H]32)cc1. The Labute approximate surface area is 213 Å². The molecule has 0 N–H and O–H groups in total. The minimum Gasteiger partial charge on any atom is -0.497 e. The predicted molar refractivity (Wildman–Crippen MR) is 138 cm³/mol. The van der Waals surface area contributed by atoms with Crippen LogP contribution in [0.5, 0.6) is 5.75 Å². The number of Topliss-reactive ketones (excluding diaryl/α,β-unsaturated/α-hetero) is 1. The van der Waals surface area contributed by atoms with E-state index in [-0.39, 0.29) is 17.6 Å². The highest BCUT2D eigenvalue weighted by Crippen LogP contribution is 2.51. The Hall–Kier alpha value is -3.90. The van der Waals surface area contributed by atoms with Crippen LogP contribution in [0.3, 0.4) is 0 Å². The number of rotatable bonds is 4. The summed E-state index contributed by atoms with van der Waals surface area (Å²) in [6.07, 6.45) is 2.00. The van der Waals surface area contributed by atoms with E-state index in [1.165, 1.54) is 4.90 Å². The monoisotopic (exact) mass is 498 g/mol. The first-order valence-electron chi connectivity index (χ1n) is 11.8. The van der Waals surface area contributed by atoms with Gasteiger partial charge in [0.25, 0.3) is 0 Å². The molecule has 180 valence electrons. The fourth-order valence-corrected chi connectivity index (χ4v) is 6.05. The molecule has 7 heteroatoms. The van der Waals surface area contributed by atoms with Gasteiger partial charge in [-0.2, -0.15) is 0 Å². The van der Waals surface area contributed by atoms with Crippen molar-refractivity contribution in [1.29, 1.82) is 0 Å². The lowest BCUT2D eigenvalue weighted by molar-refractivity contribution is -0.122. The topological polar surface area (TPSA) is 66.9 Å². The van der Waals surface area contributed by atoms with Crippen LogP contribution in [0, 0.1) is 11.8 Å². The quantitative estimate of drug-likeness (QED) is 0.373. The van der Waals surface area contributed by atoms with Crippen LogP contribution in [0.2, 0.25) is 5.02 Å². The molecule has 3 aromatic carbocycles. The van der Waals surface area contributed by atoms with E-state index in [4.69, 9.17) is 16.3 Å². The van der Waals surface area contributed by atoms with Crippen molar-refractivity contribution in [2.24, 2.45) is 11.8 Å². The van der Waals surface area contributed by atoms with Gasteiger partial charge in [-0.1, -0.05) is 48.0 Å². The fourth-order valence-electron chi connectivity index (χ4n) is 5.87. The lowest BCUT2D eigenvalue weighted by Crippen LogP contribution is -2.49. The van der Waals surface area contributed by atoms with Crippen LogP contribution in [0.4, 0.5) is 11.4 Å². The van der Waals surface area contributed by atoms with Crippen molar-refractivity contribution in [3.8, 4) is 5.75 Å². The highest BCUT2D eigenvalue weighted by Gasteiger charge is 2.64. The van der Waals surface area contributed by atoms with Crippen molar-refractivity contribution in [3.05, 3.63) is 95.0 Å². The van der Waals surface area contributed by atoms with Crippen LogP contribution in [0.1, 0.15) is 22.8 Å². The van der Waals surface area contributed by atoms with E-state index in [1.54, 1.807) is 61.7 Å². The molecule has 4 atom stereocenters. The van der Waals surface area contributed by atoms with Gasteiger partial charge in [-0.25, -0.2) is 4.90 Å². The number of imide groups is 1. The summed E-state index contributed by atoms with van der Waals surface area (Å²) in [4.78, 5) is 45.0. The number of halogens is 1. The molecule has 6 rings (SSSR count). The van der Waals surface area contributed by atoms with Crippen molar-refractivity contribution < 1.29 is 19.1 Å². The van der Waals surface area contributed by atoms with Gasteiger partial charge < -0.3 is 9.64 Å². The second-order valence-electron chi connectivity index (χ2n) is 9.35. The molecule has 0 bridgehead atoms. The Morgan fingerprint density at radius 2 is 1.61 bits per heavy atom. The minimum atomic E-state index is -0.827. The number of hydrogen-bond acceptors (Lipinski definition) is 5. The predicted octanol–water partition coefficient (Wildman–Crippen LogP) is 5.01. The van der Waals surface area contributed by atoms with E-state index in [1.807, 2.05) is 36.1 Å². The molecule has 3 heterocycles. The van der Waals surface area contributed by atoms with Crippen LogP contribution < -0.4 is 14.5 Å². The summed E-state index contributed by atoms with van der Waals surface area (Å²) in [5.74, 6) is -1.71. The highest BCUT2D eigenvalue weighted by atomic mass is 35.5. The van der Waals surface area contributed by atoms with Gasteiger partial charge in [-0.3, -0.25) is 14.4 Å². The molecule has 2 saturated heterocycles. The molecule has 36 heavy (non-hydrogen) atoms. The molecule has 6 nitrogen and oxygen atoms in total. The van der Waals surface area contributed by atoms with Crippen molar-refractivity contribution >= 4 is 46.1 Å². The normalized spacial score (nSPS) is 24.2. The lowest BCUT2D eigenvalue weighted by atomic mass is 9.85. The van der Waals surface area contributed by atoms with E-state index in [0.717, 1.165) is 16.8 Å². The van der Waals surface area contributed by atoms with E-state index >= 15 is 0 Å². The number of carbonyl (C=O) groups excluding carboxylic acids is 3. The third-order valence-electron chi connectivity index (χ3n) is 7.47. The Balaban J connectivity index is 1.50. The highest BCUT2D eigenvalue weighted by molar-refractivity contribution is 6.31. The number of benzene rings is 3. The number of anilines is 2. The van der Waals surface area contributed by atoms with Crippen LogP contribution >= 0.6 is 11.6 Å². The van der Waals surface area contributed by atoms with E-state index < -0.39 is 23.9 Å². The molecule has 2 amide bonds. The van der Waals surface area contributed by atoms with Gasteiger partial charge in [0, 0.05) is 21.8 Å². The largest absolute Gasteiger partial charge is 0.497 e. The zero-order valence-electron chi connectivity index (χ0n) is 19.7. The first-order valence-corrected chi connectivity index (χ1v) is 12.2. The Morgan fingerprint density at radius 3 is 2.31 bits per heavy atom. The fraction of sp³-hybridized carbons (Fsp3) is 0.207. The van der Waals surface area contributed by atoms with Crippen molar-refractivity contribution in [2.45, 2.75) is 19.0 Å². The van der Waals surface area contributed by atoms with Gasteiger partial charge in [-0.05, 0) is 55.0 Å². The summed E-state index contributed by atoms with van der Waals surface area (Å²) in [5.41, 5.74) is 3.65. The molecule has 3 aromatic rings. The average molecular weight is 499 g/mol. The summed E-state index contributed by atoms with van der Waals surface area (Å²) in [5, 5.41) is 0.586. The van der Waals surface area contributed by atoms with Gasteiger partial charge in [-0.15, -0.1) is 0 Å². The van der Waals surface area contributed by atoms with Crippen molar-refractivity contribution in [1.82, 2.24) is 0 Å². The van der Waals surface area contributed by atoms with Gasteiger partial charge >= 0.3 is 0 Å². The maximum atomic E-state index is 14.0. The number of ketones is 1. The molecule has 0 aromatic heterocycles. The number of allylic oxidation sites excluding steroid dienone is 1. The maximum absolute atomic E-state index is 14.0. The number of hydrogen-bond donors (Lipinski definition) is 0. The molecule has 2 fully saturated rings. The first-order chi connectivity index (χ1) is 17.4. The summed E-state index contributed by atoms with van der Waals surface area (Å²) >= 11 is 6.29.